The molecule has 2 aromatic rings. The van der Waals surface area contributed by atoms with E-state index < -0.39 is 0 Å². The van der Waals surface area contributed by atoms with Gasteiger partial charge in [0.15, 0.2) is 0 Å². The fourth-order valence-corrected chi connectivity index (χ4v) is 3.29. The van der Waals surface area contributed by atoms with Gasteiger partial charge in [-0.1, -0.05) is 18.2 Å². The van der Waals surface area contributed by atoms with Crippen LogP contribution in [0.15, 0.2) is 35.2 Å². The highest BCUT2D eigenvalue weighted by Gasteiger charge is 2.14. The summed E-state index contributed by atoms with van der Waals surface area (Å²) < 4.78 is 2.28. The lowest BCUT2D eigenvalue weighted by molar-refractivity contribution is 0.499. The van der Waals surface area contributed by atoms with E-state index in [1.54, 1.807) is 0 Å². The van der Waals surface area contributed by atoms with Crippen molar-refractivity contribution in [3.63, 3.8) is 0 Å². The summed E-state index contributed by atoms with van der Waals surface area (Å²) in [6.45, 7) is 2.89. The molecule has 106 valence electrons. The zero-order valence-electron chi connectivity index (χ0n) is 11.6. The second-order valence-corrected chi connectivity index (χ2v) is 6.15. The molecule has 0 saturated carbocycles. The Bertz CT molecular complexity index is 538. The van der Waals surface area contributed by atoms with E-state index in [1.165, 1.54) is 17.7 Å². The number of aryl methyl sites for hydroxylation is 1. The van der Waals surface area contributed by atoms with Crippen molar-refractivity contribution in [3.05, 3.63) is 42.0 Å². The van der Waals surface area contributed by atoms with E-state index in [2.05, 4.69) is 50.4 Å². The first-order chi connectivity index (χ1) is 9.93. The molecule has 0 spiro atoms. The van der Waals surface area contributed by atoms with Crippen molar-refractivity contribution in [1.82, 2.24) is 20.1 Å². The molecule has 20 heavy (non-hydrogen) atoms. The SMILES string of the molecule is c1ccc(SCCNCc2nnc3n2CCCC3)cc1. The highest BCUT2D eigenvalue weighted by atomic mass is 32.2. The highest BCUT2D eigenvalue weighted by Crippen LogP contribution is 2.16. The Morgan fingerprint density at radius 3 is 2.95 bits per heavy atom. The third-order valence-corrected chi connectivity index (χ3v) is 4.52. The van der Waals surface area contributed by atoms with E-state index in [9.17, 15) is 0 Å². The van der Waals surface area contributed by atoms with Crippen molar-refractivity contribution in [2.24, 2.45) is 0 Å². The molecule has 1 aromatic carbocycles. The number of rotatable bonds is 6. The van der Waals surface area contributed by atoms with Crippen molar-refractivity contribution in [1.29, 1.82) is 0 Å². The molecule has 0 bridgehead atoms. The third-order valence-electron chi connectivity index (χ3n) is 3.51. The van der Waals surface area contributed by atoms with Crippen molar-refractivity contribution in [2.75, 3.05) is 12.3 Å². The normalized spacial score (nSPS) is 14.2. The van der Waals surface area contributed by atoms with Gasteiger partial charge in [-0.3, -0.25) is 0 Å². The predicted molar refractivity (Wildman–Crippen MR) is 81.8 cm³/mol. The molecule has 1 N–H and O–H groups in total. The van der Waals surface area contributed by atoms with Gasteiger partial charge in [-0.2, -0.15) is 0 Å². The van der Waals surface area contributed by atoms with E-state index in [0.717, 1.165) is 43.5 Å². The van der Waals surface area contributed by atoms with Crippen molar-refractivity contribution in [3.8, 4) is 0 Å². The largest absolute Gasteiger partial charge is 0.314 e. The average Bonchev–Trinajstić information content (AvgIpc) is 2.91. The van der Waals surface area contributed by atoms with Gasteiger partial charge in [0.1, 0.15) is 11.6 Å². The Kier molecular flexibility index (Phi) is 4.71. The highest BCUT2D eigenvalue weighted by molar-refractivity contribution is 7.99. The van der Waals surface area contributed by atoms with Gasteiger partial charge in [0.05, 0.1) is 6.54 Å². The first-order valence-electron chi connectivity index (χ1n) is 7.23. The van der Waals surface area contributed by atoms with Gasteiger partial charge in [-0.05, 0) is 25.0 Å². The van der Waals surface area contributed by atoms with Crippen LogP contribution < -0.4 is 5.32 Å². The smallest absolute Gasteiger partial charge is 0.147 e. The summed E-state index contributed by atoms with van der Waals surface area (Å²) in [5.74, 6) is 3.32. The van der Waals surface area contributed by atoms with Gasteiger partial charge in [0.25, 0.3) is 0 Å². The number of benzene rings is 1. The maximum atomic E-state index is 4.30. The van der Waals surface area contributed by atoms with Crippen LogP contribution >= 0.6 is 11.8 Å². The first-order valence-corrected chi connectivity index (χ1v) is 8.21. The Hall–Kier alpha value is -1.33. The van der Waals surface area contributed by atoms with Crippen LogP contribution in [0.1, 0.15) is 24.5 Å². The summed E-state index contributed by atoms with van der Waals surface area (Å²) >= 11 is 1.88. The van der Waals surface area contributed by atoms with Gasteiger partial charge < -0.3 is 9.88 Å². The summed E-state index contributed by atoms with van der Waals surface area (Å²) in [4.78, 5) is 1.33. The second-order valence-electron chi connectivity index (χ2n) is 4.98. The molecule has 1 aromatic heterocycles. The lowest BCUT2D eigenvalue weighted by Gasteiger charge is -2.14. The number of thioether (sulfide) groups is 1. The zero-order chi connectivity index (χ0) is 13.6. The average molecular weight is 288 g/mol. The molecule has 3 rings (SSSR count). The fraction of sp³-hybridized carbons (Fsp3) is 0.467. The Morgan fingerprint density at radius 1 is 1.15 bits per heavy atom. The van der Waals surface area contributed by atoms with Crippen LogP contribution in [0.2, 0.25) is 0 Å². The molecule has 4 nitrogen and oxygen atoms in total. The molecular formula is C15H20N4S. The van der Waals surface area contributed by atoms with Crippen molar-refractivity contribution in [2.45, 2.75) is 37.2 Å². The topological polar surface area (TPSA) is 42.7 Å². The van der Waals surface area contributed by atoms with Crippen molar-refractivity contribution >= 4 is 11.8 Å². The number of nitrogens with one attached hydrogen (secondary N) is 1. The Morgan fingerprint density at radius 2 is 2.05 bits per heavy atom. The standard InChI is InChI=1S/C15H20N4S/c1-2-6-13(7-3-1)20-11-9-16-12-15-18-17-14-8-4-5-10-19(14)15/h1-3,6-7,16H,4-5,8-12H2. The third kappa shape index (κ3) is 3.41. The fourth-order valence-electron chi connectivity index (χ4n) is 2.46. The molecule has 5 heteroatoms. The Balaban J connectivity index is 1.41. The molecule has 0 saturated heterocycles. The summed E-state index contributed by atoms with van der Waals surface area (Å²) in [6, 6.07) is 10.5. The summed E-state index contributed by atoms with van der Waals surface area (Å²) in [5, 5.41) is 12.0. The van der Waals surface area contributed by atoms with Crippen LogP contribution in [0.5, 0.6) is 0 Å². The van der Waals surface area contributed by atoms with E-state index >= 15 is 0 Å². The summed E-state index contributed by atoms with van der Waals surface area (Å²) in [6.07, 6.45) is 3.58. The zero-order valence-corrected chi connectivity index (χ0v) is 12.4. The molecule has 0 fully saturated rings. The van der Waals surface area contributed by atoms with Crippen LogP contribution in [-0.4, -0.2) is 27.1 Å². The number of nitrogens with zero attached hydrogens (tertiary/aromatic N) is 3. The number of hydrogen-bond donors (Lipinski definition) is 1. The van der Waals surface area contributed by atoms with Gasteiger partial charge in [0.2, 0.25) is 0 Å². The second kappa shape index (κ2) is 6.90. The van der Waals surface area contributed by atoms with E-state index in [0.29, 0.717) is 0 Å². The van der Waals surface area contributed by atoms with Crippen LogP contribution in [0, 0.1) is 0 Å². The molecule has 0 atom stereocenters. The van der Waals surface area contributed by atoms with E-state index in [-0.39, 0.29) is 0 Å². The van der Waals surface area contributed by atoms with Gasteiger partial charge in [-0.25, -0.2) is 0 Å². The van der Waals surface area contributed by atoms with Gasteiger partial charge in [0, 0.05) is 30.2 Å². The predicted octanol–water partition coefficient (Wildman–Crippen LogP) is 2.50. The van der Waals surface area contributed by atoms with E-state index in [4.69, 9.17) is 0 Å². The minimum Gasteiger partial charge on any atom is -0.314 e. The van der Waals surface area contributed by atoms with Crippen LogP contribution in [-0.2, 0) is 19.5 Å². The van der Waals surface area contributed by atoms with Crippen LogP contribution in [0.4, 0.5) is 0 Å². The molecule has 0 amide bonds. The van der Waals surface area contributed by atoms with Gasteiger partial charge in [-0.15, -0.1) is 22.0 Å². The first kappa shape index (κ1) is 13.6. The van der Waals surface area contributed by atoms with E-state index in [1.807, 2.05) is 11.8 Å². The number of aromatic nitrogens is 3. The molecular weight excluding hydrogens is 268 g/mol. The maximum absolute atomic E-state index is 4.30. The van der Waals surface area contributed by atoms with Gasteiger partial charge >= 0.3 is 0 Å². The summed E-state index contributed by atoms with van der Waals surface area (Å²) in [7, 11) is 0. The molecule has 0 unspecified atom stereocenters. The quantitative estimate of drug-likeness (QED) is 0.655. The van der Waals surface area contributed by atoms with Crippen LogP contribution in [0.25, 0.3) is 0 Å². The molecule has 1 aliphatic rings. The maximum Gasteiger partial charge on any atom is 0.147 e. The Labute approximate surface area is 124 Å². The minimum atomic E-state index is 0.822. The lowest BCUT2D eigenvalue weighted by Crippen LogP contribution is -2.21. The minimum absolute atomic E-state index is 0.822. The summed E-state index contributed by atoms with van der Waals surface area (Å²) in [5.41, 5.74) is 0. The molecule has 0 aliphatic carbocycles. The lowest BCUT2D eigenvalue weighted by atomic mass is 10.2. The number of hydrogen-bond acceptors (Lipinski definition) is 4. The molecule has 1 aliphatic heterocycles. The van der Waals surface area contributed by atoms with Crippen LogP contribution in [0.3, 0.4) is 0 Å². The molecule has 2 heterocycles. The molecule has 0 radical (unpaired) electrons. The van der Waals surface area contributed by atoms with Crippen molar-refractivity contribution < 1.29 is 0 Å². The number of fused-ring (bicyclic) bond motifs is 1. The monoisotopic (exact) mass is 288 g/mol.